The highest BCUT2D eigenvalue weighted by Crippen LogP contribution is 2.20. The van der Waals surface area contributed by atoms with Crippen molar-refractivity contribution in [3.63, 3.8) is 0 Å². The molecule has 108 valence electrons. The van der Waals surface area contributed by atoms with E-state index in [1.807, 2.05) is 18.0 Å². The molecule has 1 heterocycles. The number of likely N-dealkylation sites (tertiary alicyclic amines) is 1. The van der Waals surface area contributed by atoms with Gasteiger partial charge in [-0.3, -0.25) is 4.79 Å². The van der Waals surface area contributed by atoms with Gasteiger partial charge in [-0.1, -0.05) is 6.08 Å². The van der Waals surface area contributed by atoms with Crippen LogP contribution in [0.3, 0.4) is 0 Å². The van der Waals surface area contributed by atoms with Gasteiger partial charge in [-0.25, -0.2) is 0 Å². The molecule has 5 heteroatoms. The molecule has 1 aliphatic rings. The highest BCUT2D eigenvalue weighted by molar-refractivity contribution is 5.85. The van der Waals surface area contributed by atoms with E-state index in [-0.39, 0.29) is 24.8 Å². The molecule has 1 amide bonds. The van der Waals surface area contributed by atoms with Crippen molar-refractivity contribution in [3.8, 4) is 0 Å². The molecule has 1 saturated heterocycles. The molecule has 18 heavy (non-hydrogen) atoms. The quantitative estimate of drug-likeness (QED) is 0.764. The first-order valence-electron chi connectivity index (χ1n) is 6.31. The third-order valence-electron chi connectivity index (χ3n) is 3.33. The molecule has 0 spiro atoms. The van der Waals surface area contributed by atoms with Gasteiger partial charge in [0.05, 0.1) is 0 Å². The van der Waals surface area contributed by atoms with Gasteiger partial charge >= 0.3 is 0 Å². The monoisotopic (exact) mass is 296 g/mol. The number of nitrogens with one attached hydrogen (secondary N) is 1. The van der Waals surface area contributed by atoms with Crippen LogP contribution in [0.25, 0.3) is 0 Å². The predicted octanol–water partition coefficient (Wildman–Crippen LogP) is 2.64. The molecule has 1 N–H and O–H groups in total. The molecule has 0 aliphatic carbocycles. The van der Waals surface area contributed by atoms with Crippen molar-refractivity contribution in [1.82, 2.24) is 10.2 Å². The zero-order chi connectivity index (χ0) is 11.8. The molecular weight excluding hydrogens is 271 g/mol. The first-order chi connectivity index (χ1) is 7.77. The fourth-order valence-electron chi connectivity index (χ4n) is 2.20. The van der Waals surface area contributed by atoms with Crippen LogP contribution in [0, 0.1) is 5.92 Å². The predicted molar refractivity (Wildman–Crippen MR) is 81.8 cm³/mol. The number of amides is 1. The Kier molecular flexibility index (Phi) is 13.2. The Hall–Kier alpha value is -0.250. The van der Waals surface area contributed by atoms with E-state index in [2.05, 4.69) is 11.9 Å². The van der Waals surface area contributed by atoms with E-state index < -0.39 is 0 Å². The number of hydrogen-bond acceptors (Lipinski definition) is 2. The molecule has 1 rings (SSSR count). The van der Waals surface area contributed by atoms with Gasteiger partial charge in [0.2, 0.25) is 5.91 Å². The van der Waals surface area contributed by atoms with Crippen molar-refractivity contribution >= 4 is 30.7 Å². The highest BCUT2D eigenvalue weighted by atomic mass is 35.5. The Labute approximate surface area is 123 Å². The summed E-state index contributed by atoms with van der Waals surface area (Å²) in [5.41, 5.74) is 0. The number of carbonyl (C=O) groups excluding carboxylic acids is 1. The Balaban J connectivity index is 0. The Morgan fingerprint density at radius 3 is 2.50 bits per heavy atom. The van der Waals surface area contributed by atoms with Crippen molar-refractivity contribution in [2.24, 2.45) is 5.92 Å². The van der Waals surface area contributed by atoms with Gasteiger partial charge in [0.1, 0.15) is 0 Å². The summed E-state index contributed by atoms with van der Waals surface area (Å²) >= 11 is 0. The van der Waals surface area contributed by atoms with Gasteiger partial charge in [-0.15, -0.1) is 31.4 Å². The van der Waals surface area contributed by atoms with Crippen LogP contribution in [0.5, 0.6) is 0 Å². The fraction of sp³-hybridized carbons (Fsp3) is 0.769. The number of nitrogens with zero attached hydrogens (tertiary/aromatic N) is 1. The van der Waals surface area contributed by atoms with E-state index in [4.69, 9.17) is 0 Å². The average Bonchev–Trinajstić information content (AvgIpc) is 2.34. The second kappa shape index (κ2) is 11.8. The summed E-state index contributed by atoms with van der Waals surface area (Å²) < 4.78 is 0. The Morgan fingerprint density at radius 1 is 1.39 bits per heavy atom. The van der Waals surface area contributed by atoms with E-state index >= 15 is 0 Å². The minimum atomic E-state index is 0. The van der Waals surface area contributed by atoms with Crippen molar-refractivity contribution in [3.05, 3.63) is 12.7 Å². The third-order valence-corrected chi connectivity index (χ3v) is 3.33. The van der Waals surface area contributed by atoms with Crippen LogP contribution >= 0.6 is 24.8 Å². The van der Waals surface area contributed by atoms with E-state index in [1.54, 1.807) is 0 Å². The molecule has 0 aromatic carbocycles. The molecule has 1 fully saturated rings. The smallest absolute Gasteiger partial charge is 0.222 e. The third kappa shape index (κ3) is 7.24. The first-order valence-corrected chi connectivity index (χ1v) is 6.31. The lowest BCUT2D eigenvalue weighted by molar-refractivity contribution is -0.132. The first kappa shape index (κ1) is 20.1. The van der Waals surface area contributed by atoms with Crippen LogP contribution in [0.15, 0.2) is 12.7 Å². The van der Waals surface area contributed by atoms with Crippen LogP contribution in [0.4, 0.5) is 0 Å². The number of piperidine rings is 1. The summed E-state index contributed by atoms with van der Waals surface area (Å²) in [5, 5.41) is 3.19. The van der Waals surface area contributed by atoms with E-state index in [1.165, 1.54) is 19.3 Å². The van der Waals surface area contributed by atoms with Gasteiger partial charge in [-0.2, -0.15) is 0 Å². The standard InChI is InChI=1S/C13H24N2O.2ClH/c1-3-4-5-13(16)15-10-7-12(8-11-15)6-9-14-2;;/h3,12,14H,1,4-11H2,2H3;2*1H. The van der Waals surface area contributed by atoms with Crippen molar-refractivity contribution in [1.29, 1.82) is 0 Å². The van der Waals surface area contributed by atoms with Crippen LogP contribution < -0.4 is 5.32 Å². The summed E-state index contributed by atoms with van der Waals surface area (Å²) in [7, 11) is 1.99. The molecule has 3 nitrogen and oxygen atoms in total. The Bertz CT molecular complexity index is 229. The minimum absolute atomic E-state index is 0. The topological polar surface area (TPSA) is 32.3 Å². The zero-order valence-corrected chi connectivity index (χ0v) is 12.8. The van der Waals surface area contributed by atoms with Crippen LogP contribution in [0.1, 0.15) is 32.1 Å². The molecule has 0 radical (unpaired) electrons. The van der Waals surface area contributed by atoms with Gasteiger partial charge < -0.3 is 10.2 Å². The normalized spacial score (nSPS) is 15.5. The highest BCUT2D eigenvalue weighted by Gasteiger charge is 2.21. The number of allylic oxidation sites excluding steroid dienone is 1. The van der Waals surface area contributed by atoms with Gasteiger partial charge in [-0.05, 0) is 45.2 Å². The van der Waals surface area contributed by atoms with Gasteiger partial charge in [0, 0.05) is 19.5 Å². The molecule has 0 aromatic rings. The minimum Gasteiger partial charge on any atom is -0.343 e. The number of halogens is 2. The maximum Gasteiger partial charge on any atom is 0.222 e. The lowest BCUT2D eigenvalue weighted by atomic mass is 9.93. The average molecular weight is 297 g/mol. The van der Waals surface area contributed by atoms with Crippen molar-refractivity contribution < 1.29 is 4.79 Å². The number of carbonyl (C=O) groups is 1. The van der Waals surface area contributed by atoms with Gasteiger partial charge in [0.15, 0.2) is 0 Å². The van der Waals surface area contributed by atoms with E-state index in [0.717, 1.165) is 32.0 Å². The Morgan fingerprint density at radius 2 is 2.00 bits per heavy atom. The molecular formula is C13H26Cl2N2O. The van der Waals surface area contributed by atoms with E-state index in [0.29, 0.717) is 12.3 Å². The fourth-order valence-corrected chi connectivity index (χ4v) is 2.20. The summed E-state index contributed by atoms with van der Waals surface area (Å²) in [6, 6.07) is 0. The van der Waals surface area contributed by atoms with Crippen LogP contribution in [-0.2, 0) is 4.79 Å². The lowest BCUT2D eigenvalue weighted by Crippen LogP contribution is -2.38. The lowest BCUT2D eigenvalue weighted by Gasteiger charge is -2.32. The molecule has 1 aliphatic heterocycles. The molecule has 0 saturated carbocycles. The summed E-state index contributed by atoms with van der Waals surface area (Å²) in [4.78, 5) is 13.8. The molecule has 0 aromatic heterocycles. The van der Waals surface area contributed by atoms with Crippen molar-refractivity contribution in [2.75, 3.05) is 26.7 Å². The second-order valence-corrected chi connectivity index (χ2v) is 4.54. The largest absolute Gasteiger partial charge is 0.343 e. The molecule has 0 unspecified atom stereocenters. The maximum atomic E-state index is 11.7. The summed E-state index contributed by atoms with van der Waals surface area (Å²) in [6.07, 6.45) is 6.83. The number of hydrogen-bond donors (Lipinski definition) is 1. The zero-order valence-electron chi connectivity index (χ0n) is 11.2. The molecule has 0 atom stereocenters. The second-order valence-electron chi connectivity index (χ2n) is 4.54. The summed E-state index contributed by atoms with van der Waals surface area (Å²) in [6.45, 7) is 6.64. The van der Waals surface area contributed by atoms with Gasteiger partial charge in [0.25, 0.3) is 0 Å². The molecule has 0 bridgehead atoms. The maximum absolute atomic E-state index is 11.7. The van der Waals surface area contributed by atoms with Crippen molar-refractivity contribution in [2.45, 2.75) is 32.1 Å². The van der Waals surface area contributed by atoms with Crippen LogP contribution in [-0.4, -0.2) is 37.5 Å². The SMILES string of the molecule is C=CCCC(=O)N1CCC(CCNC)CC1.Cl.Cl. The number of rotatable bonds is 6. The van der Waals surface area contributed by atoms with Crippen LogP contribution in [0.2, 0.25) is 0 Å². The van der Waals surface area contributed by atoms with E-state index in [9.17, 15) is 4.79 Å². The summed E-state index contributed by atoms with van der Waals surface area (Å²) in [5.74, 6) is 1.10.